The summed E-state index contributed by atoms with van der Waals surface area (Å²) in [6.45, 7) is 11.1. The van der Waals surface area contributed by atoms with E-state index >= 15 is 0 Å². The topological polar surface area (TPSA) is 73.3 Å². The molecule has 2 unspecified atom stereocenters. The second-order valence-corrected chi connectivity index (χ2v) is 8.32. The maximum Gasteiger partial charge on any atom is 0.203 e. The van der Waals surface area contributed by atoms with E-state index in [1.54, 1.807) is 21.3 Å². The third-order valence-corrected chi connectivity index (χ3v) is 5.05. The van der Waals surface area contributed by atoms with Crippen molar-refractivity contribution in [1.82, 2.24) is 5.32 Å². The van der Waals surface area contributed by atoms with Crippen molar-refractivity contribution in [1.29, 1.82) is 0 Å². The lowest BCUT2D eigenvalue weighted by Gasteiger charge is -2.39. The zero-order valence-corrected chi connectivity index (χ0v) is 21.7. The molecular formula is C22H38IN3O4. The standard InChI is InChI=1S/C22H37N3O4.HI/c1-8-23-21(24-14-15-10-9-11-29-20(15)22(2,3)4)25-16-12-17(26-5)19(28-7)18(13-16)27-6;/h12-13,15,20H,8-11,14H2,1-7H3,(H2,23,24,25);1H. The quantitative estimate of drug-likeness (QED) is 0.303. The number of hydrogen-bond donors (Lipinski definition) is 2. The molecule has 0 aliphatic carbocycles. The Morgan fingerprint density at radius 3 is 2.27 bits per heavy atom. The lowest BCUT2D eigenvalue weighted by molar-refractivity contribution is -0.0823. The fourth-order valence-electron chi connectivity index (χ4n) is 3.79. The Morgan fingerprint density at radius 1 is 1.13 bits per heavy atom. The van der Waals surface area contributed by atoms with Crippen molar-refractivity contribution in [3.8, 4) is 17.2 Å². The van der Waals surface area contributed by atoms with E-state index in [2.05, 4.69) is 31.4 Å². The van der Waals surface area contributed by atoms with Crippen molar-refractivity contribution in [3.63, 3.8) is 0 Å². The van der Waals surface area contributed by atoms with Gasteiger partial charge in [-0.15, -0.1) is 24.0 Å². The molecule has 7 nitrogen and oxygen atoms in total. The Bertz CT molecular complexity index is 666. The first-order chi connectivity index (χ1) is 13.8. The van der Waals surface area contributed by atoms with Crippen LogP contribution in [0.2, 0.25) is 0 Å². The first kappa shape index (κ1) is 26.6. The van der Waals surface area contributed by atoms with E-state index in [1.165, 1.54) is 0 Å². The van der Waals surface area contributed by atoms with Crippen LogP contribution in [0, 0.1) is 11.3 Å². The highest BCUT2D eigenvalue weighted by Crippen LogP contribution is 2.40. The fourth-order valence-corrected chi connectivity index (χ4v) is 3.79. The van der Waals surface area contributed by atoms with Crippen molar-refractivity contribution >= 4 is 35.6 Å². The highest BCUT2D eigenvalue weighted by atomic mass is 127. The van der Waals surface area contributed by atoms with Crippen molar-refractivity contribution in [3.05, 3.63) is 12.1 Å². The predicted molar refractivity (Wildman–Crippen MR) is 133 cm³/mol. The zero-order valence-electron chi connectivity index (χ0n) is 19.3. The molecular weight excluding hydrogens is 497 g/mol. The molecule has 30 heavy (non-hydrogen) atoms. The van der Waals surface area contributed by atoms with E-state index in [1.807, 2.05) is 19.1 Å². The van der Waals surface area contributed by atoms with Crippen LogP contribution in [0.25, 0.3) is 0 Å². The Kier molecular flexibility index (Phi) is 11.0. The van der Waals surface area contributed by atoms with Gasteiger partial charge in [0.2, 0.25) is 5.75 Å². The fraction of sp³-hybridized carbons (Fsp3) is 0.682. The minimum atomic E-state index is 0. The molecule has 1 aliphatic rings. The normalized spacial score (nSPS) is 19.5. The largest absolute Gasteiger partial charge is 0.493 e. The molecule has 1 aromatic rings. The van der Waals surface area contributed by atoms with Crippen LogP contribution >= 0.6 is 24.0 Å². The first-order valence-corrected chi connectivity index (χ1v) is 10.3. The summed E-state index contributed by atoms with van der Waals surface area (Å²) in [6.07, 6.45) is 2.43. The summed E-state index contributed by atoms with van der Waals surface area (Å²) in [5.74, 6) is 2.88. The number of benzene rings is 1. The van der Waals surface area contributed by atoms with Crippen molar-refractivity contribution in [2.45, 2.75) is 46.6 Å². The molecule has 2 rings (SSSR count). The second kappa shape index (κ2) is 12.4. The number of aliphatic imine (C=N–C) groups is 1. The molecule has 0 amide bonds. The third-order valence-electron chi connectivity index (χ3n) is 5.05. The highest BCUT2D eigenvalue weighted by Gasteiger charge is 2.35. The third kappa shape index (κ3) is 7.08. The average molecular weight is 535 g/mol. The van der Waals surface area contributed by atoms with Gasteiger partial charge in [-0.25, -0.2) is 0 Å². The molecule has 0 saturated carbocycles. The van der Waals surface area contributed by atoms with Crippen LogP contribution in [0.5, 0.6) is 17.2 Å². The van der Waals surface area contributed by atoms with Crippen LogP contribution in [0.4, 0.5) is 5.69 Å². The van der Waals surface area contributed by atoms with Gasteiger partial charge in [0, 0.05) is 43.4 Å². The minimum absolute atomic E-state index is 0. The molecule has 1 aliphatic heterocycles. The Balaban J connectivity index is 0.00000450. The number of nitrogens with zero attached hydrogens (tertiary/aromatic N) is 1. The average Bonchev–Trinajstić information content (AvgIpc) is 2.70. The first-order valence-electron chi connectivity index (χ1n) is 10.3. The number of hydrogen-bond acceptors (Lipinski definition) is 5. The van der Waals surface area contributed by atoms with Crippen molar-refractivity contribution in [2.75, 3.05) is 46.3 Å². The molecule has 2 atom stereocenters. The van der Waals surface area contributed by atoms with Gasteiger partial charge in [-0.1, -0.05) is 20.8 Å². The number of nitrogens with one attached hydrogen (secondary N) is 2. The van der Waals surface area contributed by atoms with E-state index in [9.17, 15) is 0 Å². The summed E-state index contributed by atoms with van der Waals surface area (Å²) in [5.41, 5.74) is 0.912. The van der Waals surface area contributed by atoms with Gasteiger partial charge in [0.25, 0.3) is 0 Å². The molecule has 172 valence electrons. The minimum Gasteiger partial charge on any atom is -0.493 e. The van der Waals surface area contributed by atoms with Crippen LogP contribution in [-0.4, -0.2) is 53.1 Å². The molecule has 2 N–H and O–H groups in total. The summed E-state index contributed by atoms with van der Waals surface area (Å²) < 4.78 is 22.4. The van der Waals surface area contributed by atoms with Crippen LogP contribution in [0.1, 0.15) is 40.5 Å². The smallest absolute Gasteiger partial charge is 0.203 e. The summed E-state index contributed by atoms with van der Waals surface area (Å²) in [6, 6.07) is 3.74. The van der Waals surface area contributed by atoms with Crippen molar-refractivity contribution < 1.29 is 18.9 Å². The van der Waals surface area contributed by atoms with E-state index in [4.69, 9.17) is 23.9 Å². The molecule has 1 heterocycles. The summed E-state index contributed by atoms with van der Waals surface area (Å²) in [5, 5.41) is 6.67. The van der Waals surface area contributed by atoms with E-state index < -0.39 is 0 Å². The number of rotatable bonds is 7. The Morgan fingerprint density at radius 2 is 1.77 bits per heavy atom. The SMILES string of the molecule is CCNC(=NCC1CCCOC1C(C)(C)C)Nc1cc(OC)c(OC)c(OC)c1.I. The molecule has 1 aromatic carbocycles. The number of halogens is 1. The predicted octanol–water partition coefficient (Wildman–Crippen LogP) is 4.55. The highest BCUT2D eigenvalue weighted by molar-refractivity contribution is 14.0. The number of ether oxygens (including phenoxy) is 4. The molecule has 0 radical (unpaired) electrons. The molecule has 0 bridgehead atoms. The second-order valence-electron chi connectivity index (χ2n) is 8.32. The van der Waals surface area contributed by atoms with Gasteiger partial charge in [-0.05, 0) is 25.2 Å². The Labute approximate surface area is 198 Å². The van der Waals surface area contributed by atoms with E-state index in [0.717, 1.165) is 37.6 Å². The van der Waals surface area contributed by atoms with Crippen LogP contribution < -0.4 is 24.8 Å². The van der Waals surface area contributed by atoms with Crippen molar-refractivity contribution in [2.24, 2.45) is 16.3 Å². The van der Waals surface area contributed by atoms with Crippen LogP contribution in [-0.2, 0) is 4.74 Å². The summed E-state index contributed by atoms with van der Waals surface area (Å²) in [7, 11) is 4.81. The van der Waals surface area contributed by atoms with Gasteiger partial charge in [0.1, 0.15) is 0 Å². The molecule has 1 fully saturated rings. The maximum absolute atomic E-state index is 6.09. The van der Waals surface area contributed by atoms with Gasteiger partial charge in [-0.2, -0.15) is 0 Å². The van der Waals surface area contributed by atoms with Gasteiger partial charge in [0.15, 0.2) is 17.5 Å². The zero-order chi connectivity index (χ0) is 21.4. The molecule has 8 heteroatoms. The molecule has 0 aromatic heterocycles. The molecule has 0 spiro atoms. The molecule has 1 saturated heterocycles. The number of anilines is 1. The van der Waals surface area contributed by atoms with Gasteiger partial charge in [0.05, 0.1) is 27.4 Å². The lowest BCUT2D eigenvalue weighted by Crippen LogP contribution is -2.42. The van der Waals surface area contributed by atoms with Gasteiger partial charge >= 0.3 is 0 Å². The lowest BCUT2D eigenvalue weighted by atomic mass is 9.78. The number of methoxy groups -OCH3 is 3. The van der Waals surface area contributed by atoms with Crippen LogP contribution in [0.15, 0.2) is 17.1 Å². The maximum atomic E-state index is 6.09. The van der Waals surface area contributed by atoms with Crippen LogP contribution in [0.3, 0.4) is 0 Å². The monoisotopic (exact) mass is 535 g/mol. The summed E-state index contributed by atoms with van der Waals surface area (Å²) in [4.78, 5) is 4.85. The van der Waals surface area contributed by atoms with Gasteiger partial charge in [-0.3, -0.25) is 4.99 Å². The van der Waals surface area contributed by atoms with E-state index in [0.29, 0.717) is 29.7 Å². The van der Waals surface area contributed by atoms with E-state index in [-0.39, 0.29) is 35.5 Å². The summed E-state index contributed by atoms with van der Waals surface area (Å²) >= 11 is 0. The van der Waals surface area contributed by atoms with Gasteiger partial charge < -0.3 is 29.6 Å². The Hall–Kier alpha value is -1.42. The number of guanidine groups is 1.